The Bertz CT molecular complexity index is 804. The van der Waals surface area contributed by atoms with Crippen molar-refractivity contribution in [1.29, 1.82) is 0 Å². The van der Waals surface area contributed by atoms with E-state index >= 15 is 0 Å². The number of benzene rings is 1. The smallest absolute Gasteiger partial charge is 0.319 e. The molecule has 0 radical (unpaired) electrons. The number of anilines is 1. The first kappa shape index (κ1) is 14.7. The van der Waals surface area contributed by atoms with Crippen molar-refractivity contribution in [2.75, 3.05) is 5.32 Å². The van der Waals surface area contributed by atoms with Gasteiger partial charge in [0.15, 0.2) is 5.82 Å². The standard InChI is InChI=1S/C16H14FN5O/c17-13-4-1-2-5-14(13)21-16(23)19-11-12-6-8-18-15(10-12)22-9-3-7-20-22/h1-10H,11H2,(H2,19,21,23). The summed E-state index contributed by atoms with van der Waals surface area (Å²) in [5.74, 6) is 0.177. The highest BCUT2D eigenvalue weighted by Gasteiger charge is 2.06. The molecule has 2 heterocycles. The summed E-state index contributed by atoms with van der Waals surface area (Å²) in [6.45, 7) is 0.289. The van der Waals surface area contributed by atoms with E-state index in [-0.39, 0.29) is 12.2 Å². The molecule has 2 aromatic heterocycles. The SMILES string of the molecule is O=C(NCc1ccnc(-n2cccn2)c1)Nc1ccccc1F. The van der Waals surface area contributed by atoms with Crippen molar-refractivity contribution >= 4 is 11.7 Å². The molecule has 7 heteroatoms. The van der Waals surface area contributed by atoms with Crippen molar-refractivity contribution in [3.63, 3.8) is 0 Å². The summed E-state index contributed by atoms with van der Waals surface area (Å²) < 4.78 is 15.1. The predicted octanol–water partition coefficient (Wildman–Crippen LogP) is 2.73. The molecule has 0 aliphatic carbocycles. The molecule has 116 valence electrons. The van der Waals surface area contributed by atoms with Crippen molar-refractivity contribution in [1.82, 2.24) is 20.1 Å². The van der Waals surface area contributed by atoms with Crippen molar-refractivity contribution in [2.45, 2.75) is 6.54 Å². The maximum absolute atomic E-state index is 13.5. The van der Waals surface area contributed by atoms with Crippen LogP contribution in [0.2, 0.25) is 0 Å². The van der Waals surface area contributed by atoms with Crippen LogP contribution in [0, 0.1) is 5.82 Å². The first-order valence-corrected chi connectivity index (χ1v) is 6.97. The molecule has 3 aromatic rings. The van der Waals surface area contributed by atoms with E-state index in [1.54, 1.807) is 47.5 Å². The van der Waals surface area contributed by atoms with Gasteiger partial charge in [-0.15, -0.1) is 0 Å². The number of para-hydroxylation sites is 1. The molecule has 0 atom stereocenters. The lowest BCUT2D eigenvalue weighted by Gasteiger charge is -2.09. The average Bonchev–Trinajstić information content (AvgIpc) is 3.10. The van der Waals surface area contributed by atoms with E-state index in [4.69, 9.17) is 0 Å². The highest BCUT2D eigenvalue weighted by atomic mass is 19.1. The highest BCUT2D eigenvalue weighted by Crippen LogP contribution is 2.12. The second kappa shape index (κ2) is 6.69. The highest BCUT2D eigenvalue weighted by molar-refractivity contribution is 5.89. The Morgan fingerprint density at radius 1 is 1.17 bits per heavy atom. The Morgan fingerprint density at radius 2 is 2.04 bits per heavy atom. The van der Waals surface area contributed by atoms with Crippen molar-refractivity contribution in [3.05, 3.63) is 72.4 Å². The summed E-state index contributed by atoms with van der Waals surface area (Å²) in [6, 6.07) is 10.9. The molecule has 6 nitrogen and oxygen atoms in total. The molecule has 2 N–H and O–H groups in total. The third-order valence-electron chi connectivity index (χ3n) is 3.12. The Morgan fingerprint density at radius 3 is 2.83 bits per heavy atom. The second-order valence-corrected chi connectivity index (χ2v) is 4.76. The lowest BCUT2D eigenvalue weighted by molar-refractivity contribution is 0.251. The van der Waals surface area contributed by atoms with Gasteiger partial charge in [0.05, 0.1) is 5.69 Å². The maximum Gasteiger partial charge on any atom is 0.319 e. The van der Waals surface area contributed by atoms with Gasteiger partial charge in [0.2, 0.25) is 0 Å². The summed E-state index contributed by atoms with van der Waals surface area (Å²) >= 11 is 0. The molecule has 0 spiro atoms. The number of halogens is 1. The van der Waals surface area contributed by atoms with Crippen LogP contribution in [0.15, 0.2) is 61.1 Å². The first-order chi connectivity index (χ1) is 11.2. The van der Waals surface area contributed by atoms with Gasteiger partial charge in [0.1, 0.15) is 5.82 Å². The topological polar surface area (TPSA) is 71.8 Å². The van der Waals surface area contributed by atoms with Gasteiger partial charge in [0.25, 0.3) is 0 Å². The number of amides is 2. The molecular formula is C16H14FN5O. The van der Waals surface area contributed by atoms with Crippen molar-refractivity contribution in [2.24, 2.45) is 0 Å². The number of hydrogen-bond acceptors (Lipinski definition) is 3. The summed E-state index contributed by atoms with van der Waals surface area (Å²) in [5.41, 5.74) is 0.992. The third-order valence-corrected chi connectivity index (χ3v) is 3.12. The van der Waals surface area contributed by atoms with E-state index in [1.165, 1.54) is 12.1 Å². The molecule has 1 aromatic carbocycles. The Labute approximate surface area is 132 Å². The van der Waals surface area contributed by atoms with E-state index in [2.05, 4.69) is 20.7 Å². The number of hydrogen-bond donors (Lipinski definition) is 2. The number of rotatable bonds is 4. The number of aromatic nitrogens is 3. The molecule has 23 heavy (non-hydrogen) atoms. The minimum absolute atomic E-state index is 0.136. The van der Waals surface area contributed by atoms with Gasteiger partial charge in [-0.2, -0.15) is 5.10 Å². The number of carbonyl (C=O) groups is 1. The van der Waals surface area contributed by atoms with Gasteiger partial charge in [-0.25, -0.2) is 18.9 Å². The largest absolute Gasteiger partial charge is 0.334 e. The molecule has 0 fully saturated rings. The molecule has 0 unspecified atom stereocenters. The van der Waals surface area contributed by atoms with Crippen LogP contribution in [0.5, 0.6) is 0 Å². The van der Waals surface area contributed by atoms with Gasteiger partial charge >= 0.3 is 6.03 Å². The number of pyridine rings is 1. The van der Waals surface area contributed by atoms with Crippen molar-refractivity contribution < 1.29 is 9.18 Å². The molecule has 0 aliphatic heterocycles. The van der Waals surface area contributed by atoms with Crippen LogP contribution in [0.25, 0.3) is 5.82 Å². The summed E-state index contributed by atoms with van der Waals surface area (Å²) in [7, 11) is 0. The van der Waals surface area contributed by atoms with Gasteiger partial charge in [0, 0.05) is 25.1 Å². The summed E-state index contributed by atoms with van der Waals surface area (Å²) in [5, 5.41) is 9.24. The Balaban J connectivity index is 1.61. The molecule has 3 rings (SSSR count). The van der Waals surface area contributed by atoms with E-state index in [0.717, 1.165) is 5.56 Å². The molecule has 0 saturated heterocycles. The number of nitrogens with one attached hydrogen (secondary N) is 2. The van der Waals surface area contributed by atoms with Crippen LogP contribution in [-0.4, -0.2) is 20.8 Å². The minimum atomic E-state index is -0.479. The van der Waals surface area contributed by atoms with E-state index in [9.17, 15) is 9.18 Å². The van der Waals surface area contributed by atoms with Crippen LogP contribution >= 0.6 is 0 Å². The molecule has 0 saturated carbocycles. The van der Waals surface area contributed by atoms with Crippen LogP contribution < -0.4 is 10.6 Å². The normalized spacial score (nSPS) is 10.3. The number of urea groups is 1. The fourth-order valence-electron chi connectivity index (χ4n) is 2.01. The van der Waals surface area contributed by atoms with Gasteiger partial charge < -0.3 is 10.6 Å². The zero-order valence-electron chi connectivity index (χ0n) is 12.1. The molecule has 0 aliphatic rings. The average molecular weight is 311 g/mol. The maximum atomic E-state index is 13.5. The molecule has 0 bridgehead atoms. The first-order valence-electron chi connectivity index (χ1n) is 6.97. The van der Waals surface area contributed by atoms with Gasteiger partial charge in [-0.1, -0.05) is 12.1 Å². The molecular weight excluding hydrogens is 297 g/mol. The fourth-order valence-corrected chi connectivity index (χ4v) is 2.01. The third kappa shape index (κ3) is 3.70. The number of carbonyl (C=O) groups excluding carboxylic acids is 1. The van der Waals surface area contributed by atoms with Crippen LogP contribution in [0.1, 0.15) is 5.56 Å². The van der Waals surface area contributed by atoms with Gasteiger partial charge in [-0.05, 0) is 35.9 Å². The lowest BCUT2D eigenvalue weighted by atomic mass is 10.2. The monoisotopic (exact) mass is 311 g/mol. The van der Waals surface area contributed by atoms with Crippen molar-refractivity contribution in [3.8, 4) is 5.82 Å². The minimum Gasteiger partial charge on any atom is -0.334 e. The summed E-state index contributed by atoms with van der Waals surface area (Å²) in [4.78, 5) is 16.0. The van der Waals surface area contributed by atoms with E-state index in [0.29, 0.717) is 5.82 Å². The molecule has 2 amide bonds. The fraction of sp³-hybridized carbons (Fsp3) is 0.0625. The Hall–Kier alpha value is -3.22. The van der Waals surface area contributed by atoms with E-state index in [1.807, 2.05) is 6.07 Å². The second-order valence-electron chi connectivity index (χ2n) is 4.76. The zero-order valence-corrected chi connectivity index (χ0v) is 12.1. The van der Waals surface area contributed by atoms with Gasteiger partial charge in [-0.3, -0.25) is 0 Å². The number of nitrogens with zero attached hydrogens (tertiary/aromatic N) is 3. The van der Waals surface area contributed by atoms with Crippen LogP contribution in [0.4, 0.5) is 14.9 Å². The summed E-state index contributed by atoms with van der Waals surface area (Å²) in [6.07, 6.45) is 5.09. The van der Waals surface area contributed by atoms with E-state index < -0.39 is 11.8 Å². The lowest BCUT2D eigenvalue weighted by Crippen LogP contribution is -2.28. The quantitative estimate of drug-likeness (QED) is 0.778. The predicted molar refractivity (Wildman–Crippen MR) is 83.6 cm³/mol. The Kier molecular flexibility index (Phi) is 4.28. The zero-order chi connectivity index (χ0) is 16.1. The van der Waals surface area contributed by atoms with Crippen LogP contribution in [0.3, 0.4) is 0 Å². The van der Waals surface area contributed by atoms with Crippen LogP contribution in [-0.2, 0) is 6.54 Å².